The molecule has 0 atom stereocenters. The van der Waals surface area contributed by atoms with Crippen molar-refractivity contribution in [2.75, 3.05) is 13.2 Å². The van der Waals surface area contributed by atoms with Crippen molar-refractivity contribution in [2.24, 2.45) is 0 Å². The van der Waals surface area contributed by atoms with Gasteiger partial charge >= 0.3 is 5.97 Å². The lowest BCUT2D eigenvalue weighted by Gasteiger charge is -2.15. The second-order valence-electron chi connectivity index (χ2n) is 4.82. The van der Waals surface area contributed by atoms with Gasteiger partial charge in [0.1, 0.15) is 12.4 Å². The van der Waals surface area contributed by atoms with Gasteiger partial charge in [-0.2, -0.15) is 0 Å². The average Bonchev–Trinajstić information content (AvgIpc) is 2.56. The molecule has 0 aliphatic rings. The van der Waals surface area contributed by atoms with Crippen LogP contribution in [0.15, 0.2) is 36.4 Å². The van der Waals surface area contributed by atoms with Gasteiger partial charge in [0.05, 0.1) is 22.3 Å². The van der Waals surface area contributed by atoms with E-state index in [9.17, 15) is 9.18 Å². The van der Waals surface area contributed by atoms with Gasteiger partial charge in [0, 0.05) is 5.56 Å². The maximum atomic E-state index is 13.7. The maximum absolute atomic E-state index is 13.7. The van der Waals surface area contributed by atoms with E-state index in [0.29, 0.717) is 39.4 Å². The maximum Gasteiger partial charge on any atom is 0.338 e. The zero-order valence-electron chi connectivity index (χ0n) is 13.5. The molecule has 6 heteroatoms. The van der Waals surface area contributed by atoms with Crippen LogP contribution in [-0.4, -0.2) is 19.2 Å². The lowest BCUT2D eigenvalue weighted by atomic mass is 10.2. The van der Waals surface area contributed by atoms with Crippen LogP contribution in [0.3, 0.4) is 0 Å². The molecule has 0 aliphatic heterocycles. The third-order valence-corrected chi connectivity index (χ3v) is 3.95. The van der Waals surface area contributed by atoms with Gasteiger partial charge in [-0.05, 0) is 54.6 Å². The summed E-state index contributed by atoms with van der Waals surface area (Å²) in [4.78, 5) is 11.9. The minimum atomic E-state index is -0.419. The second kappa shape index (κ2) is 8.86. The molecule has 24 heavy (non-hydrogen) atoms. The fraction of sp³-hybridized carbons (Fsp3) is 0.278. The van der Waals surface area contributed by atoms with Crippen LogP contribution in [0, 0.1) is 9.39 Å². The lowest BCUT2D eigenvalue weighted by Crippen LogP contribution is -2.08. The van der Waals surface area contributed by atoms with Crippen LogP contribution in [0.5, 0.6) is 11.5 Å². The fourth-order valence-electron chi connectivity index (χ4n) is 2.07. The molecule has 4 nitrogen and oxygen atoms in total. The number of benzene rings is 2. The van der Waals surface area contributed by atoms with Crippen molar-refractivity contribution >= 4 is 28.6 Å². The normalized spacial score (nSPS) is 10.3. The van der Waals surface area contributed by atoms with Crippen molar-refractivity contribution in [3.05, 3.63) is 56.9 Å². The monoisotopic (exact) mass is 444 g/mol. The van der Waals surface area contributed by atoms with E-state index in [1.165, 1.54) is 6.07 Å². The van der Waals surface area contributed by atoms with Crippen molar-refractivity contribution in [1.29, 1.82) is 0 Å². The summed E-state index contributed by atoms with van der Waals surface area (Å²) in [6.07, 6.45) is 0. The van der Waals surface area contributed by atoms with Crippen LogP contribution in [0.2, 0.25) is 0 Å². The van der Waals surface area contributed by atoms with Crippen LogP contribution in [0.1, 0.15) is 29.8 Å². The van der Waals surface area contributed by atoms with E-state index in [-0.39, 0.29) is 12.4 Å². The summed E-state index contributed by atoms with van der Waals surface area (Å²) in [5.41, 5.74) is 0.841. The Morgan fingerprint density at radius 1 is 1.12 bits per heavy atom. The van der Waals surface area contributed by atoms with Gasteiger partial charge < -0.3 is 14.2 Å². The molecule has 0 N–H and O–H groups in total. The van der Waals surface area contributed by atoms with Crippen LogP contribution in [-0.2, 0) is 11.3 Å². The number of hydrogen-bond acceptors (Lipinski definition) is 4. The number of esters is 1. The zero-order valence-corrected chi connectivity index (χ0v) is 15.6. The molecule has 2 aromatic carbocycles. The quantitative estimate of drug-likeness (QED) is 0.463. The number of carbonyl (C=O) groups excluding carboxylic acids is 1. The summed E-state index contributed by atoms with van der Waals surface area (Å²) in [6.45, 7) is 4.37. The standard InChI is InChI=1S/C18H18FIO4/c1-3-22-16-10-13(18(21)23-4-2)9-15(20)17(16)24-11-12-7-5-6-8-14(12)19/h5-10H,3-4,11H2,1-2H3. The summed E-state index contributed by atoms with van der Waals surface area (Å²) in [6, 6.07) is 9.67. The largest absolute Gasteiger partial charge is 0.490 e. The number of ether oxygens (including phenoxy) is 3. The first kappa shape index (κ1) is 18.5. The second-order valence-corrected chi connectivity index (χ2v) is 5.98. The Balaban J connectivity index is 2.28. The average molecular weight is 444 g/mol. The van der Waals surface area contributed by atoms with Crippen LogP contribution in [0.4, 0.5) is 4.39 Å². The molecule has 0 saturated heterocycles. The Kier molecular flexibility index (Phi) is 6.84. The Bertz CT molecular complexity index is 718. The SMILES string of the molecule is CCOC(=O)c1cc(I)c(OCc2ccccc2F)c(OCC)c1. The molecule has 0 unspecified atom stereocenters. The Labute approximate surface area is 154 Å². The van der Waals surface area contributed by atoms with Crippen LogP contribution in [0.25, 0.3) is 0 Å². The summed E-state index contributed by atoms with van der Waals surface area (Å²) in [5.74, 6) is 0.170. The molecule has 128 valence electrons. The zero-order chi connectivity index (χ0) is 17.5. The van der Waals surface area contributed by atoms with Gasteiger partial charge in [-0.1, -0.05) is 18.2 Å². The van der Waals surface area contributed by atoms with E-state index in [0.717, 1.165) is 0 Å². The minimum Gasteiger partial charge on any atom is -0.490 e. The van der Waals surface area contributed by atoms with Crippen molar-refractivity contribution in [2.45, 2.75) is 20.5 Å². The van der Waals surface area contributed by atoms with E-state index in [2.05, 4.69) is 22.6 Å². The van der Waals surface area contributed by atoms with Crippen molar-refractivity contribution in [3.63, 3.8) is 0 Å². The highest BCUT2D eigenvalue weighted by Gasteiger charge is 2.17. The molecule has 2 rings (SSSR count). The Hall–Kier alpha value is -1.83. The van der Waals surface area contributed by atoms with Crippen LogP contribution < -0.4 is 9.47 Å². The van der Waals surface area contributed by atoms with E-state index in [1.54, 1.807) is 37.3 Å². The highest BCUT2D eigenvalue weighted by molar-refractivity contribution is 14.1. The first-order valence-electron chi connectivity index (χ1n) is 7.56. The Morgan fingerprint density at radius 2 is 1.88 bits per heavy atom. The fourth-order valence-corrected chi connectivity index (χ4v) is 2.83. The molecule has 2 aromatic rings. The molecule has 0 spiro atoms. The van der Waals surface area contributed by atoms with Crippen molar-refractivity contribution in [1.82, 2.24) is 0 Å². The molecule has 0 amide bonds. The van der Waals surface area contributed by atoms with Crippen molar-refractivity contribution < 1.29 is 23.4 Å². The van der Waals surface area contributed by atoms with Crippen LogP contribution >= 0.6 is 22.6 Å². The molecule has 0 fully saturated rings. The van der Waals surface area contributed by atoms with E-state index in [4.69, 9.17) is 14.2 Å². The third-order valence-electron chi connectivity index (χ3n) is 3.15. The highest BCUT2D eigenvalue weighted by Crippen LogP contribution is 2.35. The molecule has 0 heterocycles. The minimum absolute atomic E-state index is 0.0709. The van der Waals surface area contributed by atoms with E-state index < -0.39 is 5.97 Å². The van der Waals surface area contributed by atoms with Gasteiger partial charge in [0.2, 0.25) is 0 Å². The Morgan fingerprint density at radius 3 is 2.54 bits per heavy atom. The number of hydrogen-bond donors (Lipinski definition) is 0. The molecular weight excluding hydrogens is 426 g/mol. The molecule has 0 bridgehead atoms. The van der Waals surface area contributed by atoms with Crippen molar-refractivity contribution in [3.8, 4) is 11.5 Å². The predicted molar refractivity (Wildman–Crippen MR) is 97.0 cm³/mol. The first-order chi connectivity index (χ1) is 11.6. The molecule has 0 aliphatic carbocycles. The van der Waals surface area contributed by atoms with Gasteiger partial charge in [0.25, 0.3) is 0 Å². The molecular formula is C18H18FIO4. The van der Waals surface area contributed by atoms with Gasteiger partial charge in [-0.15, -0.1) is 0 Å². The van der Waals surface area contributed by atoms with E-state index >= 15 is 0 Å². The van der Waals surface area contributed by atoms with Gasteiger partial charge in [-0.3, -0.25) is 0 Å². The summed E-state index contributed by atoms with van der Waals surface area (Å²) >= 11 is 2.06. The highest BCUT2D eigenvalue weighted by atomic mass is 127. The molecule has 0 radical (unpaired) electrons. The number of carbonyl (C=O) groups is 1. The van der Waals surface area contributed by atoms with Gasteiger partial charge in [0.15, 0.2) is 11.5 Å². The third kappa shape index (κ3) is 4.59. The summed E-state index contributed by atoms with van der Waals surface area (Å²) in [5, 5.41) is 0. The predicted octanol–water partition coefficient (Wildman–Crippen LogP) is 4.58. The summed E-state index contributed by atoms with van der Waals surface area (Å²) < 4.78 is 30.8. The van der Waals surface area contributed by atoms with Gasteiger partial charge in [-0.25, -0.2) is 9.18 Å². The molecule has 0 saturated carbocycles. The first-order valence-corrected chi connectivity index (χ1v) is 8.64. The smallest absolute Gasteiger partial charge is 0.338 e. The summed E-state index contributed by atoms with van der Waals surface area (Å²) in [7, 11) is 0. The number of halogens is 2. The topological polar surface area (TPSA) is 44.8 Å². The molecule has 0 aromatic heterocycles. The lowest BCUT2D eigenvalue weighted by molar-refractivity contribution is 0.0525. The number of rotatable bonds is 7. The van der Waals surface area contributed by atoms with E-state index in [1.807, 2.05) is 6.92 Å².